The third-order valence-electron chi connectivity index (χ3n) is 6.21. The molecule has 4 heteroatoms. The van der Waals surface area contributed by atoms with E-state index >= 15 is 0 Å². The van der Waals surface area contributed by atoms with Gasteiger partial charge in [0.05, 0.1) is 0 Å². The van der Waals surface area contributed by atoms with Crippen LogP contribution in [0.1, 0.15) is 52.9 Å². The molecule has 0 aromatic heterocycles. The van der Waals surface area contributed by atoms with E-state index in [-0.39, 0.29) is 0 Å². The average molecular weight is 573 g/mol. The Morgan fingerprint density at radius 2 is 1.96 bits per heavy atom. The second-order valence-electron chi connectivity index (χ2n) is 8.34. The molecule has 0 bridgehead atoms. The summed E-state index contributed by atoms with van der Waals surface area (Å²) in [5, 5.41) is 1.85. The van der Waals surface area contributed by atoms with Gasteiger partial charge in [-0.25, -0.2) is 0 Å². The summed E-state index contributed by atoms with van der Waals surface area (Å²) in [4.78, 5) is 0. The molecule has 3 aliphatic carbocycles. The molecular formula is C22H31Cl2HfSi. The molecule has 0 aliphatic heterocycles. The Kier molecular flexibility index (Phi) is 7.25. The molecule has 0 aromatic rings. The first-order valence-electron chi connectivity index (χ1n) is 10.0. The van der Waals surface area contributed by atoms with E-state index in [0.717, 1.165) is 12.8 Å². The second-order valence-corrected chi connectivity index (χ2v) is 23.4. The second kappa shape index (κ2) is 8.89. The van der Waals surface area contributed by atoms with Gasteiger partial charge in [-0.05, 0) is 0 Å². The van der Waals surface area contributed by atoms with E-state index in [0.29, 0.717) is 15.5 Å². The molecule has 0 amide bonds. The Balaban J connectivity index is 2.27. The topological polar surface area (TPSA) is 0 Å². The predicted molar refractivity (Wildman–Crippen MR) is 116 cm³/mol. The molecule has 0 N–H and O–H groups in total. The normalized spacial score (nSPS) is 25.8. The van der Waals surface area contributed by atoms with Crippen molar-refractivity contribution in [3.63, 3.8) is 0 Å². The van der Waals surface area contributed by atoms with Crippen molar-refractivity contribution < 1.29 is 19.1 Å². The van der Waals surface area contributed by atoms with Gasteiger partial charge in [-0.15, -0.1) is 0 Å². The van der Waals surface area contributed by atoms with Crippen LogP contribution >= 0.6 is 17.2 Å². The maximum absolute atomic E-state index is 6.80. The van der Waals surface area contributed by atoms with Crippen molar-refractivity contribution in [2.75, 3.05) is 0 Å². The Morgan fingerprint density at radius 3 is 2.46 bits per heavy atom. The van der Waals surface area contributed by atoms with E-state index in [1.165, 1.54) is 24.8 Å². The van der Waals surface area contributed by atoms with Gasteiger partial charge in [0.25, 0.3) is 0 Å². The monoisotopic (exact) mass is 573 g/mol. The van der Waals surface area contributed by atoms with Gasteiger partial charge in [0.2, 0.25) is 0 Å². The zero-order chi connectivity index (χ0) is 19.0. The summed E-state index contributed by atoms with van der Waals surface area (Å²) < 4.78 is 0.435. The standard InChI is InChI=1S/C22H31Si.2ClH.Hf/c1-6-16-14-18-12-9-13-19(23(4)5)20(15(2)3)22(18)21(16)17-10-7-8-11-17;;;/h7-8,10,14-15,20H,6,9,11-13H2,1-5H3;2*1H;/q;;;+2/p-2. The molecule has 3 rings (SSSR count). The number of rotatable bonds is 4. The van der Waals surface area contributed by atoms with Crippen molar-refractivity contribution >= 4 is 30.7 Å². The molecule has 141 valence electrons. The summed E-state index contributed by atoms with van der Waals surface area (Å²) in [6.07, 6.45) is 12.8. The Morgan fingerprint density at radius 1 is 1.23 bits per heavy atom. The van der Waals surface area contributed by atoms with E-state index in [9.17, 15) is 0 Å². The van der Waals surface area contributed by atoms with Crippen LogP contribution in [0.3, 0.4) is 0 Å². The number of allylic oxidation sites excluding steroid dienone is 8. The third-order valence-corrected chi connectivity index (χ3v) is 15.7. The van der Waals surface area contributed by atoms with Gasteiger partial charge < -0.3 is 0 Å². The quantitative estimate of drug-likeness (QED) is 0.305. The van der Waals surface area contributed by atoms with Crippen molar-refractivity contribution in [3.8, 4) is 0 Å². The molecule has 2 unspecified atom stereocenters. The molecule has 0 fully saturated rings. The Labute approximate surface area is 176 Å². The van der Waals surface area contributed by atoms with E-state index in [1.54, 1.807) is 22.3 Å². The molecule has 0 spiro atoms. The van der Waals surface area contributed by atoms with Crippen LogP contribution in [0.15, 0.2) is 46.1 Å². The summed E-state index contributed by atoms with van der Waals surface area (Å²) in [6.45, 7) is 12.1. The molecule has 0 heterocycles. The summed E-state index contributed by atoms with van der Waals surface area (Å²) in [6, 6.07) is 0. The molecule has 0 aromatic carbocycles. The van der Waals surface area contributed by atoms with Crippen molar-refractivity contribution in [3.05, 3.63) is 46.1 Å². The van der Waals surface area contributed by atoms with E-state index < -0.39 is 27.5 Å². The summed E-state index contributed by atoms with van der Waals surface area (Å²) in [5.41, 5.74) is 8.03. The molecule has 0 saturated carbocycles. The van der Waals surface area contributed by atoms with E-state index in [1.807, 2.05) is 5.17 Å². The summed E-state index contributed by atoms with van der Waals surface area (Å²) in [5.74, 6) is 1.26. The Bertz CT molecular complexity index is 733. The molecule has 0 saturated heterocycles. The number of halogens is 2. The van der Waals surface area contributed by atoms with Crippen LogP contribution in [0.5, 0.6) is 0 Å². The Hall–Kier alpha value is 0.497. The third kappa shape index (κ3) is 3.82. The zero-order valence-corrected chi connectivity index (χ0v) is 22.9. The fraction of sp³-hybridized carbons (Fsp3) is 0.591. The fourth-order valence-corrected chi connectivity index (χ4v) is 15.5. The van der Waals surface area contributed by atoms with Gasteiger partial charge in [0.15, 0.2) is 0 Å². The number of hydrogen-bond acceptors (Lipinski definition) is 0. The minimum absolute atomic E-state index is 0.420. The van der Waals surface area contributed by atoms with Crippen LogP contribution in [0.2, 0.25) is 16.8 Å². The first-order chi connectivity index (χ1) is 12.4. The SMILES string of the molecule is CCC1=C(C2=CC=CC2)C2=C(CCCC(=[Si](C)C)C2C(C)C)[CH]1[Hf]([Cl])[Cl]. The van der Waals surface area contributed by atoms with Crippen LogP contribution in [0.4, 0.5) is 0 Å². The first-order valence-corrected chi connectivity index (χ1v) is 23.5. The van der Waals surface area contributed by atoms with Crippen LogP contribution in [-0.4, -0.2) is 13.6 Å². The van der Waals surface area contributed by atoms with Gasteiger partial charge in [0, 0.05) is 0 Å². The summed E-state index contributed by atoms with van der Waals surface area (Å²) >= 11 is -2.60. The van der Waals surface area contributed by atoms with Crippen molar-refractivity contribution in [1.29, 1.82) is 0 Å². The summed E-state index contributed by atoms with van der Waals surface area (Å²) in [7, 11) is 13.2. The molecule has 26 heavy (non-hydrogen) atoms. The number of hydrogen-bond donors (Lipinski definition) is 0. The molecule has 0 nitrogen and oxygen atoms in total. The van der Waals surface area contributed by atoms with Crippen LogP contribution < -0.4 is 0 Å². The van der Waals surface area contributed by atoms with Gasteiger partial charge >= 0.3 is 177 Å². The molecule has 3 aliphatic rings. The van der Waals surface area contributed by atoms with Gasteiger partial charge in [-0.2, -0.15) is 0 Å². The van der Waals surface area contributed by atoms with E-state index in [2.05, 4.69) is 52.1 Å². The molecule has 0 radical (unpaired) electrons. The molecule has 2 atom stereocenters. The van der Waals surface area contributed by atoms with Gasteiger partial charge in [-0.3, -0.25) is 0 Å². The van der Waals surface area contributed by atoms with Crippen LogP contribution in [0.25, 0.3) is 0 Å². The first kappa shape index (κ1) is 21.2. The minimum atomic E-state index is -2.60. The van der Waals surface area contributed by atoms with Crippen molar-refractivity contribution in [2.24, 2.45) is 11.8 Å². The van der Waals surface area contributed by atoms with Gasteiger partial charge in [-0.1, -0.05) is 0 Å². The van der Waals surface area contributed by atoms with Crippen LogP contribution in [0, 0.1) is 11.8 Å². The maximum atomic E-state index is 6.80. The van der Waals surface area contributed by atoms with Crippen molar-refractivity contribution in [1.82, 2.24) is 0 Å². The van der Waals surface area contributed by atoms with E-state index in [4.69, 9.17) is 17.2 Å². The average Bonchev–Trinajstić information content (AvgIpc) is 3.14. The molecular weight excluding hydrogens is 542 g/mol. The predicted octanol–water partition coefficient (Wildman–Crippen LogP) is 7.57. The van der Waals surface area contributed by atoms with Gasteiger partial charge in [0.1, 0.15) is 0 Å². The van der Waals surface area contributed by atoms with Crippen molar-refractivity contribution in [2.45, 2.75) is 69.6 Å². The zero-order valence-electron chi connectivity index (χ0n) is 16.8. The van der Waals surface area contributed by atoms with Crippen LogP contribution in [-0.2, 0) is 19.1 Å². The fourth-order valence-electron chi connectivity index (χ4n) is 5.23.